The molecule has 0 amide bonds. The maximum absolute atomic E-state index is 11.7. The molecule has 0 radical (unpaired) electrons. The Morgan fingerprint density at radius 2 is 2.14 bits per heavy atom. The van der Waals surface area contributed by atoms with Crippen molar-refractivity contribution in [3.05, 3.63) is 46.0 Å². The summed E-state index contributed by atoms with van der Waals surface area (Å²) >= 11 is 5.53. The van der Waals surface area contributed by atoms with E-state index in [1.165, 1.54) is 31.2 Å². The molecule has 0 saturated carbocycles. The van der Waals surface area contributed by atoms with Gasteiger partial charge in [0.05, 0.1) is 10.8 Å². The van der Waals surface area contributed by atoms with Gasteiger partial charge in [-0.3, -0.25) is 14.9 Å². The first kappa shape index (κ1) is 16.8. The Morgan fingerprint density at radius 3 is 2.67 bits per heavy atom. The fraction of sp³-hybridized carbons (Fsp3) is 0.286. The normalized spacial score (nSPS) is 12.6. The largest absolute Gasteiger partial charge is 0.458 e. The molecule has 0 spiro atoms. The number of ketones is 1. The number of Topliss-reactive ketones (excluding diaryl/α,β-unsaturated/α-hetero) is 1. The van der Waals surface area contributed by atoms with Gasteiger partial charge in [0.2, 0.25) is 0 Å². The summed E-state index contributed by atoms with van der Waals surface area (Å²) in [4.78, 5) is 33.5. The predicted octanol–water partition coefficient (Wildman–Crippen LogP) is 2.74. The van der Waals surface area contributed by atoms with Crippen molar-refractivity contribution in [1.82, 2.24) is 0 Å². The van der Waals surface area contributed by atoms with Crippen LogP contribution in [0, 0.1) is 10.1 Å². The number of non-ortho nitro benzene ring substituents is 1. The minimum Gasteiger partial charge on any atom is -0.458 e. The SMILES string of the molecule is CC(=O)C(=CC(=O)OC(C)CCl)c1cccc([N+](=O)[O-])c1. The summed E-state index contributed by atoms with van der Waals surface area (Å²) in [5.41, 5.74) is 0.166. The lowest BCUT2D eigenvalue weighted by Gasteiger charge is -2.09. The fourth-order valence-corrected chi connectivity index (χ4v) is 1.62. The van der Waals surface area contributed by atoms with Gasteiger partial charge in [-0.2, -0.15) is 0 Å². The smallest absolute Gasteiger partial charge is 0.331 e. The van der Waals surface area contributed by atoms with Gasteiger partial charge in [-0.15, -0.1) is 11.6 Å². The average molecular weight is 312 g/mol. The molecule has 1 atom stereocenters. The van der Waals surface area contributed by atoms with E-state index in [1.807, 2.05) is 0 Å². The van der Waals surface area contributed by atoms with Crippen LogP contribution in [0.5, 0.6) is 0 Å². The van der Waals surface area contributed by atoms with E-state index in [0.29, 0.717) is 0 Å². The average Bonchev–Trinajstić information content (AvgIpc) is 2.44. The first-order chi connectivity index (χ1) is 9.85. The number of esters is 1. The Balaban J connectivity index is 3.12. The zero-order chi connectivity index (χ0) is 16.0. The molecule has 0 fully saturated rings. The van der Waals surface area contributed by atoms with E-state index in [-0.39, 0.29) is 22.7 Å². The van der Waals surface area contributed by atoms with Gasteiger partial charge in [-0.05, 0) is 19.4 Å². The molecule has 6 nitrogen and oxygen atoms in total. The number of nitro groups is 1. The summed E-state index contributed by atoms with van der Waals surface area (Å²) < 4.78 is 4.95. The van der Waals surface area contributed by atoms with Crippen LogP contribution in [0.1, 0.15) is 19.4 Å². The van der Waals surface area contributed by atoms with Gasteiger partial charge in [-0.1, -0.05) is 12.1 Å². The number of allylic oxidation sites excluding steroid dienone is 1. The lowest BCUT2D eigenvalue weighted by molar-refractivity contribution is -0.384. The van der Waals surface area contributed by atoms with Gasteiger partial charge in [0.1, 0.15) is 6.10 Å². The number of hydrogen-bond acceptors (Lipinski definition) is 5. The van der Waals surface area contributed by atoms with Crippen LogP contribution in [0.4, 0.5) is 5.69 Å². The van der Waals surface area contributed by atoms with Crippen molar-refractivity contribution in [2.45, 2.75) is 20.0 Å². The topological polar surface area (TPSA) is 86.5 Å². The van der Waals surface area contributed by atoms with E-state index >= 15 is 0 Å². The molecule has 1 rings (SSSR count). The number of alkyl halides is 1. The van der Waals surface area contributed by atoms with Crippen LogP contribution in [-0.2, 0) is 14.3 Å². The highest BCUT2D eigenvalue weighted by Gasteiger charge is 2.15. The maximum Gasteiger partial charge on any atom is 0.331 e. The second-order valence-electron chi connectivity index (χ2n) is 4.32. The van der Waals surface area contributed by atoms with Gasteiger partial charge in [-0.25, -0.2) is 4.79 Å². The molecule has 0 aromatic heterocycles. The molecular formula is C14H14ClNO5. The number of rotatable bonds is 6. The molecule has 0 aliphatic rings. The molecule has 0 aliphatic carbocycles. The van der Waals surface area contributed by atoms with E-state index in [9.17, 15) is 19.7 Å². The van der Waals surface area contributed by atoms with E-state index in [4.69, 9.17) is 16.3 Å². The number of carbonyl (C=O) groups excluding carboxylic acids is 2. The molecule has 0 heterocycles. The number of ether oxygens (including phenoxy) is 1. The second kappa shape index (κ2) is 7.54. The summed E-state index contributed by atoms with van der Waals surface area (Å²) in [6.07, 6.45) is 0.526. The minimum atomic E-state index is -0.722. The van der Waals surface area contributed by atoms with Crippen LogP contribution < -0.4 is 0 Å². The van der Waals surface area contributed by atoms with Gasteiger partial charge in [0.15, 0.2) is 5.78 Å². The van der Waals surface area contributed by atoms with E-state index < -0.39 is 22.8 Å². The van der Waals surface area contributed by atoms with E-state index in [1.54, 1.807) is 6.92 Å². The highest BCUT2D eigenvalue weighted by molar-refractivity contribution is 6.23. The van der Waals surface area contributed by atoms with Crippen molar-refractivity contribution in [2.75, 3.05) is 5.88 Å². The second-order valence-corrected chi connectivity index (χ2v) is 4.63. The van der Waals surface area contributed by atoms with Crippen LogP contribution >= 0.6 is 11.6 Å². The Labute approximate surface area is 126 Å². The third-order valence-electron chi connectivity index (χ3n) is 2.54. The van der Waals surface area contributed by atoms with Crippen molar-refractivity contribution in [1.29, 1.82) is 0 Å². The zero-order valence-corrected chi connectivity index (χ0v) is 12.3. The monoisotopic (exact) mass is 311 g/mol. The molecule has 1 unspecified atom stereocenters. The molecule has 21 heavy (non-hydrogen) atoms. The molecule has 7 heteroatoms. The fourth-order valence-electron chi connectivity index (χ4n) is 1.56. The maximum atomic E-state index is 11.7. The first-order valence-electron chi connectivity index (χ1n) is 6.09. The molecule has 1 aromatic rings. The van der Waals surface area contributed by atoms with E-state index in [2.05, 4.69) is 0 Å². The predicted molar refractivity (Wildman–Crippen MR) is 78.0 cm³/mol. The van der Waals surface area contributed by atoms with Crippen LogP contribution in [0.3, 0.4) is 0 Å². The third-order valence-corrected chi connectivity index (χ3v) is 2.98. The summed E-state index contributed by atoms with van der Waals surface area (Å²) in [5.74, 6) is -0.989. The molecule has 0 bridgehead atoms. The molecule has 112 valence electrons. The highest BCUT2D eigenvalue weighted by atomic mass is 35.5. The number of carbonyl (C=O) groups is 2. The van der Waals surface area contributed by atoms with E-state index in [0.717, 1.165) is 6.08 Å². The van der Waals surface area contributed by atoms with Crippen LogP contribution in [0.2, 0.25) is 0 Å². The highest BCUT2D eigenvalue weighted by Crippen LogP contribution is 2.21. The lowest BCUT2D eigenvalue weighted by Crippen LogP contribution is -2.15. The number of benzene rings is 1. The van der Waals surface area contributed by atoms with Gasteiger partial charge < -0.3 is 4.74 Å². The van der Waals surface area contributed by atoms with Crippen LogP contribution in [0.25, 0.3) is 5.57 Å². The molecule has 0 aliphatic heterocycles. The Bertz CT molecular complexity index is 597. The van der Waals surface area contributed by atoms with Crippen LogP contribution in [0.15, 0.2) is 30.3 Å². The Morgan fingerprint density at radius 1 is 1.48 bits per heavy atom. The van der Waals surface area contributed by atoms with Crippen LogP contribution in [-0.4, -0.2) is 28.7 Å². The number of nitrogens with zero attached hydrogens (tertiary/aromatic N) is 1. The number of hydrogen-bond donors (Lipinski definition) is 0. The van der Waals surface area contributed by atoms with Crippen molar-refractivity contribution >= 4 is 34.6 Å². The van der Waals surface area contributed by atoms with Gasteiger partial charge in [0, 0.05) is 23.8 Å². The molecule has 1 aromatic carbocycles. The van der Waals surface area contributed by atoms with Gasteiger partial charge >= 0.3 is 5.97 Å². The minimum absolute atomic E-state index is 0.0467. The van der Waals surface area contributed by atoms with Gasteiger partial charge in [0.25, 0.3) is 5.69 Å². The zero-order valence-electron chi connectivity index (χ0n) is 11.5. The molecule has 0 saturated heterocycles. The van der Waals surface area contributed by atoms with Crippen molar-refractivity contribution in [2.24, 2.45) is 0 Å². The Hall–Kier alpha value is -2.21. The quantitative estimate of drug-likeness (QED) is 0.265. The molecular weight excluding hydrogens is 298 g/mol. The van der Waals surface area contributed by atoms with Crippen molar-refractivity contribution < 1.29 is 19.2 Å². The molecule has 0 N–H and O–H groups in total. The summed E-state index contributed by atoms with van der Waals surface area (Å²) in [5, 5.41) is 10.7. The standard InChI is InChI=1S/C14H14ClNO5/c1-9(8-15)21-14(18)7-13(10(2)17)11-4-3-5-12(6-11)16(19)20/h3-7,9H,8H2,1-2H3. The first-order valence-corrected chi connectivity index (χ1v) is 6.62. The van der Waals surface area contributed by atoms with Crippen molar-refractivity contribution in [3.63, 3.8) is 0 Å². The summed E-state index contributed by atoms with van der Waals surface area (Å²) in [7, 11) is 0. The van der Waals surface area contributed by atoms with Crippen molar-refractivity contribution in [3.8, 4) is 0 Å². The summed E-state index contributed by atoms with van der Waals surface area (Å²) in [6, 6.07) is 5.48. The Kier molecular flexibility index (Phi) is 6.05. The number of halogens is 1. The third kappa shape index (κ3) is 5.00. The summed E-state index contributed by atoms with van der Waals surface area (Å²) in [6.45, 7) is 2.88. The number of nitro benzene ring substituents is 1. The lowest BCUT2D eigenvalue weighted by atomic mass is 10.0.